The molecule has 2 unspecified atom stereocenters. The first kappa shape index (κ1) is 17.0. The van der Waals surface area contributed by atoms with Crippen molar-refractivity contribution in [3.63, 3.8) is 0 Å². The second kappa shape index (κ2) is 6.58. The van der Waals surface area contributed by atoms with E-state index in [1.807, 2.05) is 37.3 Å². The largest absolute Gasteiger partial charge is 0.280 e. The van der Waals surface area contributed by atoms with Gasteiger partial charge in [-0.2, -0.15) is 22.1 Å². The number of hydrogen-bond acceptors (Lipinski definition) is 5. The smallest absolute Gasteiger partial charge is 0.196 e. The minimum atomic E-state index is -3.61. The average Bonchev–Trinajstić information content (AvgIpc) is 3.30. The van der Waals surface area contributed by atoms with E-state index in [1.54, 1.807) is 14.0 Å². The van der Waals surface area contributed by atoms with Gasteiger partial charge in [0.1, 0.15) is 0 Å². The summed E-state index contributed by atoms with van der Waals surface area (Å²) in [6.45, 7) is 3.67. The Morgan fingerprint density at radius 1 is 1.25 bits per heavy atom. The fraction of sp³-hybridized carbons (Fsp3) is 0.533. The van der Waals surface area contributed by atoms with E-state index in [0.717, 1.165) is 18.5 Å². The number of hydrogen-bond donors (Lipinski definition) is 1. The Kier molecular flexibility index (Phi) is 4.66. The first-order valence-corrected chi connectivity index (χ1v) is 9.43. The molecule has 0 amide bonds. The Hall–Kier alpha value is -1.84. The van der Waals surface area contributed by atoms with E-state index >= 15 is 0 Å². The number of rotatable bonds is 7. The van der Waals surface area contributed by atoms with Crippen LogP contribution >= 0.6 is 0 Å². The summed E-state index contributed by atoms with van der Waals surface area (Å²) in [5.74, 6) is 0.897. The second-order valence-corrected chi connectivity index (χ2v) is 7.99. The first-order chi connectivity index (χ1) is 11.4. The van der Waals surface area contributed by atoms with E-state index < -0.39 is 16.3 Å². The summed E-state index contributed by atoms with van der Waals surface area (Å²) in [4.78, 5) is 0. The van der Waals surface area contributed by atoms with E-state index in [1.165, 1.54) is 8.99 Å². The van der Waals surface area contributed by atoms with Gasteiger partial charge in [0.05, 0.1) is 11.7 Å². The lowest BCUT2D eigenvalue weighted by molar-refractivity contribution is 0.348. The highest BCUT2D eigenvalue weighted by atomic mass is 32.2. The molecule has 2 atom stereocenters. The molecule has 1 N–H and O–H groups in total. The summed E-state index contributed by atoms with van der Waals surface area (Å²) in [6, 6.07) is 8.80. The first-order valence-electron chi connectivity index (χ1n) is 7.99. The van der Waals surface area contributed by atoms with Gasteiger partial charge in [-0.3, -0.25) is 0 Å². The van der Waals surface area contributed by atoms with Crippen LogP contribution in [0.15, 0.2) is 30.3 Å². The van der Waals surface area contributed by atoms with Gasteiger partial charge in [-0.1, -0.05) is 18.2 Å². The molecule has 3 rings (SSSR count). The van der Waals surface area contributed by atoms with E-state index in [4.69, 9.17) is 0 Å². The van der Waals surface area contributed by atoms with E-state index in [-0.39, 0.29) is 6.04 Å². The van der Waals surface area contributed by atoms with Gasteiger partial charge in [0.2, 0.25) is 0 Å². The molecule has 1 aromatic carbocycles. The molecule has 2 aromatic rings. The van der Waals surface area contributed by atoms with Crippen molar-refractivity contribution in [2.45, 2.75) is 38.8 Å². The summed E-state index contributed by atoms with van der Waals surface area (Å²) >= 11 is 0. The van der Waals surface area contributed by atoms with Crippen LogP contribution in [0.5, 0.6) is 0 Å². The quantitative estimate of drug-likeness (QED) is 0.812. The van der Waals surface area contributed by atoms with Gasteiger partial charge >= 0.3 is 0 Å². The summed E-state index contributed by atoms with van der Waals surface area (Å²) < 4.78 is 30.8. The van der Waals surface area contributed by atoms with Crippen molar-refractivity contribution in [1.82, 2.24) is 29.2 Å². The molecule has 1 saturated carbocycles. The predicted molar refractivity (Wildman–Crippen MR) is 89.6 cm³/mol. The van der Waals surface area contributed by atoms with Crippen LogP contribution in [0.1, 0.15) is 38.6 Å². The van der Waals surface area contributed by atoms with Crippen LogP contribution in [-0.4, -0.2) is 46.0 Å². The molecule has 8 nitrogen and oxygen atoms in total. The van der Waals surface area contributed by atoms with Crippen LogP contribution < -0.4 is 4.72 Å². The zero-order chi connectivity index (χ0) is 17.3. The number of benzene rings is 1. The molecular formula is C15H22N6O2S. The van der Waals surface area contributed by atoms with E-state index in [9.17, 15) is 8.42 Å². The minimum Gasteiger partial charge on any atom is -0.196 e. The molecule has 0 bridgehead atoms. The molecular weight excluding hydrogens is 328 g/mol. The normalized spacial score (nSPS) is 17.8. The van der Waals surface area contributed by atoms with Crippen molar-refractivity contribution in [1.29, 1.82) is 0 Å². The SMILES string of the molecule is CC(NS(=O)(=O)N(C)C(C)C1CC1)c1nnnn1-c1ccccc1. The van der Waals surface area contributed by atoms with Crippen molar-refractivity contribution < 1.29 is 8.42 Å². The number of tetrazole rings is 1. The fourth-order valence-electron chi connectivity index (χ4n) is 2.67. The molecule has 9 heteroatoms. The lowest BCUT2D eigenvalue weighted by Gasteiger charge is -2.26. The molecule has 0 aliphatic heterocycles. The van der Waals surface area contributed by atoms with Gasteiger partial charge < -0.3 is 0 Å². The average molecular weight is 350 g/mol. The summed E-state index contributed by atoms with van der Waals surface area (Å²) in [5.41, 5.74) is 0.781. The second-order valence-electron chi connectivity index (χ2n) is 6.22. The number of nitrogens with zero attached hydrogens (tertiary/aromatic N) is 5. The predicted octanol–water partition coefficient (Wildman–Crippen LogP) is 1.29. The van der Waals surface area contributed by atoms with Crippen LogP contribution in [0.25, 0.3) is 5.69 Å². The number of nitrogens with one attached hydrogen (secondary N) is 1. The third-order valence-electron chi connectivity index (χ3n) is 4.46. The van der Waals surface area contributed by atoms with Crippen molar-refractivity contribution in [2.75, 3.05) is 7.05 Å². The van der Waals surface area contributed by atoms with Gasteiger partial charge in [0, 0.05) is 13.1 Å². The maximum Gasteiger partial charge on any atom is 0.280 e. The fourth-order valence-corrected chi connectivity index (χ4v) is 4.00. The third kappa shape index (κ3) is 3.47. The van der Waals surface area contributed by atoms with Crippen molar-refractivity contribution in [3.05, 3.63) is 36.2 Å². The number of aromatic nitrogens is 4. The van der Waals surface area contributed by atoms with Crippen molar-refractivity contribution in [2.24, 2.45) is 5.92 Å². The van der Waals surface area contributed by atoms with Crippen LogP contribution in [0.2, 0.25) is 0 Å². The lowest BCUT2D eigenvalue weighted by atomic mass is 10.2. The molecule has 130 valence electrons. The Morgan fingerprint density at radius 3 is 2.54 bits per heavy atom. The van der Waals surface area contributed by atoms with Gasteiger partial charge in [0.15, 0.2) is 5.82 Å². The zero-order valence-electron chi connectivity index (χ0n) is 14.0. The molecule has 0 saturated heterocycles. The van der Waals surface area contributed by atoms with Crippen LogP contribution in [-0.2, 0) is 10.2 Å². The maximum absolute atomic E-state index is 12.6. The highest BCUT2D eigenvalue weighted by molar-refractivity contribution is 7.87. The van der Waals surface area contributed by atoms with Crippen LogP contribution in [0.3, 0.4) is 0 Å². The van der Waals surface area contributed by atoms with Crippen LogP contribution in [0.4, 0.5) is 0 Å². The lowest BCUT2D eigenvalue weighted by Crippen LogP contribution is -2.45. The zero-order valence-corrected chi connectivity index (χ0v) is 14.8. The van der Waals surface area contributed by atoms with Crippen molar-refractivity contribution in [3.8, 4) is 5.69 Å². The standard InChI is InChI=1S/C15H22N6O2S/c1-11(17-24(22,23)20(3)12(2)13-9-10-13)15-16-18-19-21(15)14-7-5-4-6-8-14/h4-8,11-13,17H,9-10H2,1-3H3. The molecule has 1 heterocycles. The van der Waals surface area contributed by atoms with Gasteiger partial charge in [-0.15, -0.1) is 5.10 Å². The highest BCUT2D eigenvalue weighted by Crippen LogP contribution is 2.35. The monoisotopic (exact) mass is 350 g/mol. The summed E-state index contributed by atoms with van der Waals surface area (Å²) in [7, 11) is -2.00. The molecule has 0 radical (unpaired) electrons. The molecule has 1 aliphatic carbocycles. The molecule has 1 aromatic heterocycles. The Balaban J connectivity index is 1.78. The summed E-state index contributed by atoms with van der Waals surface area (Å²) in [5, 5.41) is 11.6. The molecule has 1 fully saturated rings. The highest BCUT2D eigenvalue weighted by Gasteiger charge is 2.36. The van der Waals surface area contributed by atoms with Crippen LogP contribution in [0, 0.1) is 5.92 Å². The van der Waals surface area contributed by atoms with Crippen molar-refractivity contribution >= 4 is 10.2 Å². The van der Waals surface area contributed by atoms with Gasteiger partial charge in [-0.25, -0.2) is 0 Å². The molecule has 0 spiro atoms. The molecule has 24 heavy (non-hydrogen) atoms. The Morgan fingerprint density at radius 2 is 1.92 bits per heavy atom. The van der Waals surface area contributed by atoms with E-state index in [2.05, 4.69) is 20.2 Å². The maximum atomic E-state index is 12.6. The Bertz CT molecular complexity index is 787. The number of para-hydroxylation sites is 1. The van der Waals surface area contributed by atoms with Gasteiger partial charge in [0.25, 0.3) is 10.2 Å². The third-order valence-corrected chi connectivity index (χ3v) is 6.21. The van der Waals surface area contributed by atoms with E-state index in [0.29, 0.717) is 11.7 Å². The minimum absolute atomic E-state index is 0.0141. The Labute approximate surface area is 142 Å². The summed E-state index contributed by atoms with van der Waals surface area (Å²) in [6.07, 6.45) is 2.17. The molecule has 1 aliphatic rings. The topological polar surface area (TPSA) is 93.0 Å². The van der Waals surface area contributed by atoms with Gasteiger partial charge in [-0.05, 0) is 55.2 Å².